The van der Waals surface area contributed by atoms with Crippen molar-refractivity contribution in [1.29, 1.82) is 0 Å². The predicted molar refractivity (Wildman–Crippen MR) is 197 cm³/mol. The van der Waals surface area contributed by atoms with Crippen molar-refractivity contribution < 1.29 is 18.7 Å². The van der Waals surface area contributed by atoms with Gasteiger partial charge >= 0.3 is 11.8 Å². The number of alkyl carbamates (subject to hydrolysis) is 1. The van der Waals surface area contributed by atoms with Crippen LogP contribution < -0.4 is 32.1 Å². The number of hydrogen-bond acceptors (Lipinski definition) is 7. The summed E-state index contributed by atoms with van der Waals surface area (Å²) in [5.41, 5.74) is 2.52. The lowest BCUT2D eigenvalue weighted by Gasteiger charge is -2.25. The van der Waals surface area contributed by atoms with Crippen LogP contribution in [0.15, 0.2) is 119 Å². The number of benzene rings is 4. The monoisotopic (exact) mass is 702 g/mol. The summed E-state index contributed by atoms with van der Waals surface area (Å²) in [7, 11) is 1.65. The van der Waals surface area contributed by atoms with E-state index in [1.54, 1.807) is 54.1 Å². The molecule has 1 fully saturated rings. The predicted octanol–water partition coefficient (Wildman–Crippen LogP) is 5.64. The van der Waals surface area contributed by atoms with E-state index in [1.165, 1.54) is 11.0 Å². The average molecular weight is 703 g/mol. The van der Waals surface area contributed by atoms with E-state index >= 15 is 0 Å². The Kier molecular flexibility index (Phi) is 9.88. The maximum atomic E-state index is 14.5. The van der Waals surface area contributed by atoms with Gasteiger partial charge in [0.2, 0.25) is 0 Å². The molecule has 1 aliphatic carbocycles. The van der Waals surface area contributed by atoms with Crippen LogP contribution in [0, 0.1) is 11.7 Å². The number of ether oxygens (including phenoxy) is 1. The van der Waals surface area contributed by atoms with E-state index in [0.29, 0.717) is 36.0 Å². The lowest BCUT2D eigenvalue weighted by molar-refractivity contribution is -0.120. The highest BCUT2D eigenvalue weighted by Crippen LogP contribution is 2.33. The molecule has 52 heavy (non-hydrogen) atoms. The minimum Gasteiger partial charge on any atom is -0.445 e. The lowest BCUT2D eigenvalue weighted by atomic mass is 10.0. The Morgan fingerprint density at radius 3 is 2.23 bits per heavy atom. The third-order valence-corrected chi connectivity index (χ3v) is 9.43. The molecule has 4 aromatic carbocycles. The largest absolute Gasteiger partial charge is 0.445 e. The topological polar surface area (TPSA) is 127 Å². The van der Waals surface area contributed by atoms with E-state index in [1.807, 2.05) is 60.7 Å². The number of halogens is 1. The van der Waals surface area contributed by atoms with Crippen molar-refractivity contribution in [2.24, 2.45) is 5.92 Å². The SMILES string of the molecule is CN(C(=O)C(NC(=O)OCc1ccccc1)c1ccccc1)c1ccc(CC2Nc3c(n(CC4CC4)c(=O)n(Cc4ccccc4F)c3=O)N2)cc1. The zero-order valence-corrected chi connectivity index (χ0v) is 28.6. The van der Waals surface area contributed by atoms with E-state index in [0.717, 1.165) is 28.5 Å². The number of amides is 2. The number of rotatable bonds is 12. The standard InChI is InChI=1S/C40H39FN6O5/c1-45(37(48)34(29-12-6-3-7-13-29)44-39(50)52-25-28-10-4-2-5-11-28)31-20-18-26(19-21-31)22-33-42-35-36(43-33)46(23-27-16-17-27)40(51)47(38(35)49)24-30-14-8-9-15-32(30)41/h2-15,18-21,27,33-34,42-43H,16-17,22-25H2,1H3,(H,44,50). The highest BCUT2D eigenvalue weighted by Gasteiger charge is 2.32. The lowest BCUT2D eigenvalue weighted by Crippen LogP contribution is -2.41. The molecule has 1 saturated carbocycles. The smallest absolute Gasteiger partial charge is 0.408 e. The fraction of sp³-hybridized carbons (Fsp3) is 0.250. The van der Waals surface area contributed by atoms with Gasteiger partial charge in [0, 0.05) is 31.3 Å². The van der Waals surface area contributed by atoms with Crippen LogP contribution in [-0.4, -0.2) is 34.3 Å². The summed E-state index contributed by atoms with van der Waals surface area (Å²) in [6.45, 7) is 0.369. The van der Waals surface area contributed by atoms with Gasteiger partial charge in [0.05, 0.1) is 6.54 Å². The van der Waals surface area contributed by atoms with Gasteiger partial charge in [-0.1, -0.05) is 91.0 Å². The molecule has 2 amide bonds. The number of aromatic nitrogens is 2. The normalized spacial score (nSPS) is 15.2. The van der Waals surface area contributed by atoms with Gasteiger partial charge in [0.15, 0.2) is 0 Å². The van der Waals surface area contributed by atoms with Crippen molar-refractivity contribution in [3.8, 4) is 0 Å². The van der Waals surface area contributed by atoms with Crippen LogP contribution in [0.25, 0.3) is 0 Å². The fourth-order valence-corrected chi connectivity index (χ4v) is 6.35. The number of nitrogens with one attached hydrogen (secondary N) is 3. The molecule has 2 aliphatic rings. The maximum Gasteiger partial charge on any atom is 0.408 e. The van der Waals surface area contributed by atoms with Crippen LogP contribution in [0.3, 0.4) is 0 Å². The zero-order chi connectivity index (χ0) is 36.2. The minimum absolute atomic E-state index is 0.0673. The first-order valence-corrected chi connectivity index (χ1v) is 17.3. The number of likely N-dealkylation sites (N-methyl/N-ethyl adjacent to an activating group) is 1. The van der Waals surface area contributed by atoms with Crippen LogP contribution in [0.2, 0.25) is 0 Å². The van der Waals surface area contributed by atoms with E-state index in [-0.39, 0.29) is 30.3 Å². The Morgan fingerprint density at radius 2 is 1.54 bits per heavy atom. The van der Waals surface area contributed by atoms with E-state index in [4.69, 9.17) is 4.74 Å². The summed E-state index contributed by atoms with van der Waals surface area (Å²) >= 11 is 0. The molecule has 0 spiro atoms. The molecule has 12 heteroatoms. The van der Waals surface area contributed by atoms with Crippen LogP contribution in [0.1, 0.15) is 41.1 Å². The summed E-state index contributed by atoms with van der Waals surface area (Å²) < 4.78 is 22.6. The highest BCUT2D eigenvalue weighted by atomic mass is 19.1. The van der Waals surface area contributed by atoms with Crippen molar-refractivity contribution in [2.75, 3.05) is 22.6 Å². The molecule has 1 aromatic heterocycles. The third kappa shape index (κ3) is 7.60. The molecular formula is C40H39FN6O5. The van der Waals surface area contributed by atoms with Gasteiger partial charge < -0.3 is 25.6 Å². The Bertz CT molecular complexity index is 2190. The van der Waals surface area contributed by atoms with Gasteiger partial charge in [-0.15, -0.1) is 0 Å². The van der Waals surface area contributed by atoms with Gasteiger partial charge in [0.1, 0.15) is 36.1 Å². The summed E-state index contributed by atoms with van der Waals surface area (Å²) in [5, 5.41) is 9.34. The van der Waals surface area contributed by atoms with Crippen LogP contribution >= 0.6 is 0 Å². The van der Waals surface area contributed by atoms with Crippen molar-refractivity contribution in [3.05, 3.63) is 158 Å². The van der Waals surface area contributed by atoms with E-state index < -0.39 is 35.4 Å². The average Bonchev–Trinajstić information content (AvgIpc) is 3.90. The Morgan fingerprint density at radius 1 is 0.865 bits per heavy atom. The Hall–Kier alpha value is -6.17. The molecule has 0 saturated heterocycles. The van der Waals surface area contributed by atoms with Crippen molar-refractivity contribution >= 4 is 29.2 Å². The second kappa shape index (κ2) is 15.0. The molecular weight excluding hydrogens is 663 g/mol. The Labute approximate surface area is 299 Å². The van der Waals surface area contributed by atoms with E-state index in [9.17, 15) is 23.6 Å². The van der Waals surface area contributed by atoms with Gasteiger partial charge in [-0.2, -0.15) is 0 Å². The first kappa shape index (κ1) is 34.3. The van der Waals surface area contributed by atoms with Gasteiger partial charge in [-0.05, 0) is 53.6 Å². The molecule has 266 valence electrons. The summed E-state index contributed by atoms with van der Waals surface area (Å²) in [4.78, 5) is 55.4. The number of carbonyl (C=O) groups excluding carboxylic acids is 2. The highest BCUT2D eigenvalue weighted by molar-refractivity contribution is 5.99. The number of anilines is 3. The van der Waals surface area contributed by atoms with E-state index in [2.05, 4.69) is 16.0 Å². The molecule has 2 atom stereocenters. The van der Waals surface area contributed by atoms with Crippen molar-refractivity contribution in [3.63, 3.8) is 0 Å². The molecule has 7 rings (SSSR count). The summed E-state index contributed by atoms with van der Waals surface area (Å²) in [5.74, 6) is -0.0345. The zero-order valence-electron chi connectivity index (χ0n) is 28.6. The first-order chi connectivity index (χ1) is 25.2. The third-order valence-electron chi connectivity index (χ3n) is 9.43. The van der Waals surface area contributed by atoms with Crippen LogP contribution in [0.4, 0.5) is 26.4 Å². The number of nitrogens with zero attached hydrogens (tertiary/aromatic N) is 3. The molecule has 1 aliphatic heterocycles. The summed E-state index contributed by atoms with van der Waals surface area (Å²) in [6, 6.07) is 30.8. The summed E-state index contributed by atoms with van der Waals surface area (Å²) in [6.07, 6.45) is 1.37. The van der Waals surface area contributed by atoms with Crippen LogP contribution in [-0.2, 0) is 35.6 Å². The molecule has 2 unspecified atom stereocenters. The van der Waals surface area contributed by atoms with Gasteiger partial charge in [-0.25, -0.2) is 14.0 Å². The molecule has 5 aromatic rings. The van der Waals surface area contributed by atoms with Crippen LogP contribution in [0.5, 0.6) is 0 Å². The van der Waals surface area contributed by atoms with Crippen molar-refractivity contribution in [2.45, 2.75) is 51.2 Å². The molecule has 0 bridgehead atoms. The molecule has 11 nitrogen and oxygen atoms in total. The number of carbonyl (C=O) groups is 2. The molecule has 3 N–H and O–H groups in total. The number of fused-ring (bicyclic) bond motifs is 1. The minimum atomic E-state index is -0.991. The first-order valence-electron chi connectivity index (χ1n) is 17.3. The second-order valence-electron chi connectivity index (χ2n) is 13.2. The van der Waals surface area contributed by atoms with Gasteiger partial charge in [-0.3, -0.25) is 18.7 Å². The van der Waals surface area contributed by atoms with Gasteiger partial charge in [0.25, 0.3) is 11.5 Å². The fourth-order valence-electron chi connectivity index (χ4n) is 6.35. The second-order valence-corrected chi connectivity index (χ2v) is 13.2. The van der Waals surface area contributed by atoms with Crippen molar-refractivity contribution in [1.82, 2.24) is 14.5 Å². The quantitative estimate of drug-likeness (QED) is 0.154. The molecule has 0 radical (unpaired) electrons. The maximum absolute atomic E-state index is 14.5. The number of hydrogen-bond donors (Lipinski definition) is 3. The molecule has 2 heterocycles. The Balaban J connectivity index is 1.05.